The van der Waals surface area contributed by atoms with Crippen LogP contribution in [-0.4, -0.2) is 22.6 Å². The van der Waals surface area contributed by atoms with E-state index >= 15 is 0 Å². The first kappa shape index (κ1) is 14.7. The van der Waals surface area contributed by atoms with Crippen LogP contribution in [0.25, 0.3) is 0 Å². The van der Waals surface area contributed by atoms with Crippen LogP contribution in [0.3, 0.4) is 0 Å². The molecule has 4 nitrogen and oxygen atoms in total. The predicted molar refractivity (Wildman–Crippen MR) is 79.7 cm³/mol. The van der Waals surface area contributed by atoms with Gasteiger partial charge in [-0.25, -0.2) is 0 Å². The summed E-state index contributed by atoms with van der Waals surface area (Å²) in [7, 11) is 0. The van der Waals surface area contributed by atoms with Crippen LogP contribution in [0.1, 0.15) is 65.2 Å². The molecule has 0 aromatic heterocycles. The molecule has 0 aromatic rings. The number of rotatable bonds is 0. The van der Waals surface area contributed by atoms with Gasteiger partial charge in [0.2, 0.25) is 5.79 Å². The highest BCUT2D eigenvalue weighted by Gasteiger charge is 2.66. The molecule has 1 saturated heterocycles. The zero-order chi connectivity index (χ0) is 15.8. The van der Waals surface area contributed by atoms with Crippen molar-refractivity contribution in [3.8, 4) is 0 Å². The molecule has 1 aliphatic heterocycles. The normalized spacial score (nSPS) is 54.2. The first-order valence-electron chi connectivity index (χ1n) is 8.78. The van der Waals surface area contributed by atoms with Crippen molar-refractivity contribution in [2.75, 3.05) is 0 Å². The Morgan fingerprint density at radius 2 is 1.77 bits per heavy atom. The minimum absolute atomic E-state index is 0.141. The molecule has 0 spiro atoms. The fourth-order valence-corrected chi connectivity index (χ4v) is 6.34. The van der Waals surface area contributed by atoms with Crippen molar-refractivity contribution >= 4 is 11.8 Å². The molecule has 4 fully saturated rings. The van der Waals surface area contributed by atoms with Crippen molar-refractivity contribution in [3.63, 3.8) is 0 Å². The van der Waals surface area contributed by atoms with Gasteiger partial charge < -0.3 is 9.84 Å². The number of hydrogen-bond acceptors (Lipinski definition) is 4. The quantitative estimate of drug-likeness (QED) is 0.699. The fourth-order valence-electron chi connectivity index (χ4n) is 6.34. The van der Waals surface area contributed by atoms with Crippen LogP contribution in [0.15, 0.2) is 0 Å². The molecule has 4 heteroatoms. The van der Waals surface area contributed by atoms with Crippen LogP contribution < -0.4 is 0 Å². The van der Waals surface area contributed by atoms with Crippen molar-refractivity contribution in [2.24, 2.45) is 28.6 Å². The number of fused-ring (bicyclic) bond motifs is 5. The SMILES string of the molecule is C[C@]12CC[C@H]3[C@@H](CC[C@]4(O)OC(=O)CC[C@]34C)[C@@H]1CCC2=O. The first-order chi connectivity index (χ1) is 10.3. The lowest BCUT2D eigenvalue weighted by Crippen LogP contribution is -2.63. The Kier molecular flexibility index (Phi) is 2.90. The molecule has 1 heterocycles. The largest absolute Gasteiger partial charge is 0.433 e. The molecular weight excluding hydrogens is 280 g/mol. The highest BCUT2D eigenvalue weighted by Crippen LogP contribution is 2.65. The standard InChI is InChI=1S/C18H26O4/c1-16-8-6-13-11(12(16)3-4-14(16)19)5-10-18(21)17(13,2)9-7-15(20)22-18/h11-13,21H,3-10H2,1-2H3/t11-,12-,13-,16-,17+,18-/m0/s1. The maximum Gasteiger partial charge on any atom is 0.308 e. The molecule has 3 saturated carbocycles. The molecule has 6 atom stereocenters. The van der Waals surface area contributed by atoms with Gasteiger partial charge >= 0.3 is 5.97 Å². The Morgan fingerprint density at radius 3 is 2.55 bits per heavy atom. The van der Waals surface area contributed by atoms with E-state index in [4.69, 9.17) is 4.74 Å². The van der Waals surface area contributed by atoms with Gasteiger partial charge in [-0.05, 0) is 49.9 Å². The topological polar surface area (TPSA) is 63.6 Å². The summed E-state index contributed by atoms with van der Waals surface area (Å²) in [5, 5.41) is 11.0. The summed E-state index contributed by atoms with van der Waals surface area (Å²) >= 11 is 0. The first-order valence-corrected chi connectivity index (χ1v) is 8.78. The van der Waals surface area contributed by atoms with E-state index < -0.39 is 5.79 Å². The van der Waals surface area contributed by atoms with Crippen molar-refractivity contribution in [2.45, 2.75) is 71.0 Å². The number of Topliss-reactive ketones (excluding diaryl/α,β-unsaturated/α-hetero) is 1. The van der Waals surface area contributed by atoms with Gasteiger partial charge in [0.05, 0.1) is 0 Å². The molecule has 0 bridgehead atoms. The maximum absolute atomic E-state index is 12.4. The highest BCUT2D eigenvalue weighted by atomic mass is 16.7. The number of carbonyl (C=O) groups excluding carboxylic acids is 2. The van der Waals surface area contributed by atoms with Crippen molar-refractivity contribution < 1.29 is 19.4 Å². The Bertz CT molecular complexity index is 543. The zero-order valence-electron chi connectivity index (χ0n) is 13.6. The molecular formula is C18H26O4. The van der Waals surface area contributed by atoms with Crippen LogP contribution in [0.4, 0.5) is 0 Å². The van der Waals surface area contributed by atoms with E-state index in [0.717, 1.165) is 32.1 Å². The van der Waals surface area contributed by atoms with Gasteiger partial charge in [-0.3, -0.25) is 9.59 Å². The Balaban J connectivity index is 1.69. The molecule has 0 amide bonds. The molecule has 4 rings (SSSR count). The van der Waals surface area contributed by atoms with Gasteiger partial charge in [-0.2, -0.15) is 0 Å². The summed E-state index contributed by atoms with van der Waals surface area (Å²) in [6.07, 6.45) is 6.14. The predicted octanol–water partition coefficient (Wildman–Crippen LogP) is 2.82. The third kappa shape index (κ3) is 1.62. The lowest BCUT2D eigenvalue weighted by Gasteiger charge is -2.61. The minimum Gasteiger partial charge on any atom is -0.433 e. The van der Waals surface area contributed by atoms with Gasteiger partial charge in [-0.1, -0.05) is 13.8 Å². The van der Waals surface area contributed by atoms with Gasteiger partial charge in [-0.15, -0.1) is 0 Å². The smallest absolute Gasteiger partial charge is 0.308 e. The summed E-state index contributed by atoms with van der Waals surface area (Å²) in [5.74, 6) is 0.195. The van der Waals surface area contributed by atoms with E-state index in [9.17, 15) is 14.7 Å². The fraction of sp³-hybridized carbons (Fsp3) is 0.889. The molecule has 1 N–H and O–H groups in total. The average Bonchev–Trinajstić information content (AvgIpc) is 2.76. The molecule has 4 aliphatic rings. The lowest BCUT2D eigenvalue weighted by molar-refractivity contribution is -0.316. The molecule has 3 aliphatic carbocycles. The van der Waals surface area contributed by atoms with Crippen molar-refractivity contribution in [1.82, 2.24) is 0 Å². The Hall–Kier alpha value is -0.900. The van der Waals surface area contributed by atoms with Crippen molar-refractivity contribution in [1.29, 1.82) is 0 Å². The van der Waals surface area contributed by atoms with Crippen LogP contribution in [0, 0.1) is 28.6 Å². The second-order valence-corrected chi connectivity index (χ2v) is 8.51. The molecule has 122 valence electrons. The summed E-state index contributed by atoms with van der Waals surface area (Å²) < 4.78 is 5.44. The Morgan fingerprint density at radius 1 is 1.00 bits per heavy atom. The third-order valence-corrected chi connectivity index (χ3v) is 7.80. The molecule has 0 unspecified atom stereocenters. The van der Waals surface area contributed by atoms with Gasteiger partial charge in [0, 0.05) is 30.1 Å². The van der Waals surface area contributed by atoms with E-state index in [2.05, 4.69) is 13.8 Å². The number of ketones is 1. The summed E-state index contributed by atoms with van der Waals surface area (Å²) in [4.78, 5) is 24.0. The molecule has 0 radical (unpaired) electrons. The van der Waals surface area contributed by atoms with Crippen LogP contribution >= 0.6 is 0 Å². The van der Waals surface area contributed by atoms with E-state index in [1.54, 1.807) is 0 Å². The van der Waals surface area contributed by atoms with Crippen LogP contribution in [0.2, 0.25) is 0 Å². The summed E-state index contributed by atoms with van der Waals surface area (Å²) in [6.45, 7) is 4.27. The summed E-state index contributed by atoms with van der Waals surface area (Å²) in [6, 6.07) is 0. The monoisotopic (exact) mass is 306 g/mol. The van der Waals surface area contributed by atoms with Gasteiger partial charge in [0.25, 0.3) is 0 Å². The zero-order valence-corrected chi connectivity index (χ0v) is 13.6. The van der Waals surface area contributed by atoms with Gasteiger partial charge in [0.15, 0.2) is 0 Å². The highest BCUT2D eigenvalue weighted by molar-refractivity contribution is 5.87. The van der Waals surface area contributed by atoms with E-state index in [1.807, 2.05) is 0 Å². The number of ether oxygens (including phenoxy) is 1. The summed E-state index contributed by atoms with van der Waals surface area (Å²) in [5.41, 5.74) is -0.491. The number of hydrogen-bond donors (Lipinski definition) is 1. The number of carbonyl (C=O) groups is 2. The van der Waals surface area contributed by atoms with Gasteiger partial charge in [0.1, 0.15) is 5.78 Å². The molecule has 0 aromatic carbocycles. The number of aliphatic hydroxyl groups is 1. The second-order valence-electron chi connectivity index (χ2n) is 8.51. The van der Waals surface area contributed by atoms with E-state index in [1.165, 1.54) is 0 Å². The van der Waals surface area contributed by atoms with Crippen molar-refractivity contribution in [3.05, 3.63) is 0 Å². The average molecular weight is 306 g/mol. The maximum atomic E-state index is 12.4. The van der Waals surface area contributed by atoms with Crippen LogP contribution in [-0.2, 0) is 14.3 Å². The third-order valence-electron chi connectivity index (χ3n) is 7.80. The minimum atomic E-state index is -1.29. The number of esters is 1. The molecule has 22 heavy (non-hydrogen) atoms. The lowest BCUT2D eigenvalue weighted by atomic mass is 9.47. The Labute approximate surface area is 131 Å². The second kappa shape index (κ2) is 4.34. The van der Waals surface area contributed by atoms with Crippen LogP contribution in [0.5, 0.6) is 0 Å². The van der Waals surface area contributed by atoms with E-state index in [0.29, 0.717) is 42.8 Å². The van der Waals surface area contributed by atoms with E-state index in [-0.39, 0.29) is 16.8 Å².